The van der Waals surface area contributed by atoms with Gasteiger partial charge in [0.1, 0.15) is 5.75 Å². The maximum Gasteiger partial charge on any atom is 0.512 e. The van der Waals surface area contributed by atoms with Gasteiger partial charge in [0, 0.05) is 5.56 Å². The van der Waals surface area contributed by atoms with Gasteiger partial charge < -0.3 is 5.11 Å². The largest absolute Gasteiger partial charge is 0.512 e. The number of benzene rings is 2. The molecule has 2 aromatic carbocycles. The molecule has 3 nitrogen and oxygen atoms in total. The number of hydrogen-bond acceptors (Lipinski definition) is 3. The molecule has 25 heavy (non-hydrogen) atoms. The lowest BCUT2D eigenvalue weighted by atomic mass is 9.92. The first-order valence-corrected chi connectivity index (χ1v) is 10.2. The third-order valence-electron chi connectivity index (χ3n) is 4.44. The van der Waals surface area contributed by atoms with Crippen LogP contribution >= 0.6 is 8.03 Å². The minimum absolute atomic E-state index is 0.291. The second kappa shape index (κ2) is 8.60. The summed E-state index contributed by atoms with van der Waals surface area (Å²) in [6, 6.07) is 10.1. The normalized spacial score (nSPS) is 11.8. The number of aryl methyl sites for hydroxylation is 2. The molecule has 2 aromatic rings. The van der Waals surface area contributed by atoms with E-state index in [9.17, 15) is 9.67 Å². The third-order valence-corrected chi connectivity index (χ3v) is 5.60. The Morgan fingerprint density at radius 2 is 1.72 bits per heavy atom. The van der Waals surface area contributed by atoms with Crippen molar-refractivity contribution in [3.8, 4) is 5.75 Å². The lowest BCUT2D eigenvalue weighted by molar-refractivity contribution is 0.350. The van der Waals surface area contributed by atoms with Crippen molar-refractivity contribution < 1.29 is 14.2 Å². The van der Waals surface area contributed by atoms with Crippen LogP contribution in [0.25, 0.3) is 0 Å². The van der Waals surface area contributed by atoms with Crippen LogP contribution < -0.4 is 0 Å². The number of aromatic hydroxyl groups is 1. The molecule has 0 saturated heterocycles. The van der Waals surface area contributed by atoms with E-state index in [-0.39, 0.29) is 0 Å². The van der Waals surface area contributed by atoms with Gasteiger partial charge >= 0.3 is 8.03 Å². The highest BCUT2D eigenvalue weighted by atomic mass is 31.1. The van der Waals surface area contributed by atoms with Gasteiger partial charge in [0.15, 0.2) is 0 Å². The molecule has 0 radical (unpaired) electrons. The highest BCUT2D eigenvalue weighted by Gasteiger charge is 2.19. The van der Waals surface area contributed by atoms with Gasteiger partial charge in [0.2, 0.25) is 6.16 Å². The summed E-state index contributed by atoms with van der Waals surface area (Å²) < 4.78 is 17.0. The fraction of sp³-hybridized carbons (Fsp3) is 0.429. The topological polar surface area (TPSA) is 46.5 Å². The zero-order chi connectivity index (χ0) is 18.6. The van der Waals surface area contributed by atoms with Crippen molar-refractivity contribution in [3.05, 3.63) is 63.7 Å². The van der Waals surface area contributed by atoms with E-state index in [2.05, 4.69) is 45.9 Å². The Balaban J connectivity index is 2.26. The minimum Gasteiger partial charge on any atom is -0.508 e. The monoisotopic (exact) mass is 359 g/mol. The van der Waals surface area contributed by atoms with E-state index in [1.165, 1.54) is 22.3 Å². The van der Waals surface area contributed by atoms with Gasteiger partial charge in [-0.15, -0.1) is 4.52 Å². The lowest BCUT2D eigenvalue weighted by Crippen LogP contribution is -1.99. The summed E-state index contributed by atoms with van der Waals surface area (Å²) in [4.78, 5) is 0. The van der Waals surface area contributed by atoms with Crippen molar-refractivity contribution in [2.24, 2.45) is 0 Å². The molecule has 1 N–H and O–H groups in total. The van der Waals surface area contributed by atoms with E-state index in [0.717, 1.165) is 17.5 Å². The zero-order valence-corrected chi connectivity index (χ0v) is 16.7. The first-order chi connectivity index (χ1) is 11.8. The molecule has 0 aliphatic heterocycles. The molecule has 1 unspecified atom stereocenters. The van der Waals surface area contributed by atoms with Gasteiger partial charge in [-0.2, -0.15) is 0 Å². The Hall–Kier alpha value is -1.70. The molecule has 0 aromatic heterocycles. The molecule has 0 bridgehead atoms. The minimum atomic E-state index is -1.63. The van der Waals surface area contributed by atoms with Gasteiger partial charge in [-0.05, 0) is 71.6 Å². The highest BCUT2D eigenvalue weighted by Crippen LogP contribution is 2.31. The van der Waals surface area contributed by atoms with E-state index in [1.807, 2.05) is 13.0 Å². The van der Waals surface area contributed by atoms with Crippen molar-refractivity contribution in [1.29, 1.82) is 0 Å². The Morgan fingerprint density at radius 3 is 2.28 bits per heavy atom. The molecule has 0 aliphatic rings. The number of phenols is 1. The van der Waals surface area contributed by atoms with Gasteiger partial charge in [-0.3, -0.25) is 0 Å². The molecule has 0 spiro atoms. The summed E-state index contributed by atoms with van der Waals surface area (Å²) >= 11 is 0. The van der Waals surface area contributed by atoms with Crippen LogP contribution in [0, 0.1) is 13.8 Å². The second-order valence-corrected chi connectivity index (χ2v) is 8.08. The summed E-state index contributed by atoms with van der Waals surface area (Å²) in [5.41, 5.74) is 6.93. The van der Waals surface area contributed by atoms with E-state index in [1.54, 1.807) is 6.07 Å². The Kier molecular flexibility index (Phi) is 6.75. The molecule has 0 fully saturated rings. The second-order valence-electron chi connectivity index (χ2n) is 6.84. The van der Waals surface area contributed by atoms with Crippen molar-refractivity contribution in [2.75, 3.05) is 6.61 Å². The van der Waals surface area contributed by atoms with Crippen LogP contribution in [0.5, 0.6) is 5.75 Å². The van der Waals surface area contributed by atoms with Crippen molar-refractivity contribution >= 4 is 8.03 Å². The van der Waals surface area contributed by atoms with Crippen molar-refractivity contribution in [1.82, 2.24) is 0 Å². The number of hydrogen-bond donors (Lipinski definition) is 1. The van der Waals surface area contributed by atoms with Crippen LogP contribution in [-0.4, -0.2) is 11.7 Å². The predicted octanol–water partition coefficient (Wildman–Crippen LogP) is 6.00. The molecule has 2 rings (SSSR count). The fourth-order valence-electron chi connectivity index (χ4n) is 3.17. The van der Waals surface area contributed by atoms with E-state index in [0.29, 0.717) is 24.4 Å². The van der Waals surface area contributed by atoms with Crippen molar-refractivity contribution in [3.63, 3.8) is 0 Å². The quantitative estimate of drug-likeness (QED) is 0.617. The average Bonchev–Trinajstić information content (AvgIpc) is 2.52. The molecule has 1 atom stereocenters. The predicted molar refractivity (Wildman–Crippen MR) is 104 cm³/mol. The van der Waals surface area contributed by atoms with Gasteiger partial charge in [0.25, 0.3) is 0 Å². The summed E-state index contributed by atoms with van der Waals surface area (Å²) in [7, 11) is -1.63. The number of phenolic OH excluding ortho intramolecular Hbond substituents is 1. The highest BCUT2D eigenvalue weighted by molar-refractivity contribution is 7.38. The Bertz CT molecular complexity index is 743. The summed E-state index contributed by atoms with van der Waals surface area (Å²) in [6.07, 6.45) is 1.29. The van der Waals surface area contributed by atoms with Crippen LogP contribution in [0.4, 0.5) is 0 Å². The molecule has 0 amide bonds. The maximum atomic E-state index is 11.8. The Morgan fingerprint density at radius 1 is 1.08 bits per heavy atom. The summed E-state index contributed by atoms with van der Waals surface area (Å²) in [5, 5.41) is 10.0. The molecular formula is C21H28O3P+. The lowest BCUT2D eigenvalue weighted by Gasteiger charge is -2.14. The van der Waals surface area contributed by atoms with Crippen LogP contribution in [0.2, 0.25) is 0 Å². The summed E-state index contributed by atoms with van der Waals surface area (Å²) in [6.45, 7) is 10.7. The van der Waals surface area contributed by atoms with E-state index in [4.69, 9.17) is 4.52 Å². The number of rotatable bonds is 7. The first-order valence-electron chi connectivity index (χ1n) is 8.80. The van der Waals surface area contributed by atoms with Crippen molar-refractivity contribution in [2.45, 2.75) is 53.1 Å². The maximum absolute atomic E-state index is 11.8. The van der Waals surface area contributed by atoms with Gasteiger partial charge in [0.05, 0.1) is 6.61 Å². The van der Waals surface area contributed by atoms with Gasteiger partial charge in [-0.25, -0.2) is 0 Å². The third kappa shape index (κ3) is 5.14. The van der Waals surface area contributed by atoms with Crippen LogP contribution in [0.3, 0.4) is 0 Å². The van der Waals surface area contributed by atoms with E-state index < -0.39 is 8.03 Å². The smallest absolute Gasteiger partial charge is 0.508 e. The average molecular weight is 359 g/mol. The first kappa shape index (κ1) is 19.6. The summed E-state index contributed by atoms with van der Waals surface area (Å²) in [5.74, 6) is 0.654. The van der Waals surface area contributed by atoms with Crippen LogP contribution in [0.1, 0.15) is 60.1 Å². The molecule has 0 heterocycles. The molecule has 0 saturated carbocycles. The SMILES string of the molecule is CCO[P+](=O)Cc1cc(C)c(Cc2ccc(O)c(C(C)C)c2)c(C)c1. The standard InChI is InChI=1S/C21H27O3P/c1-6-24-25(23)13-18-9-15(4)20(16(5)10-18)12-17-7-8-21(22)19(11-17)14(2)3/h7-11,14H,6,12-13H2,1-5H3/p+1. The molecule has 134 valence electrons. The fourth-order valence-corrected chi connectivity index (χ4v) is 4.03. The molecular weight excluding hydrogens is 331 g/mol. The van der Waals surface area contributed by atoms with Crippen LogP contribution in [0.15, 0.2) is 30.3 Å². The zero-order valence-electron chi connectivity index (χ0n) is 15.8. The molecule has 0 aliphatic carbocycles. The van der Waals surface area contributed by atoms with Crippen LogP contribution in [-0.2, 0) is 21.7 Å². The Labute approximate surface area is 151 Å². The van der Waals surface area contributed by atoms with Gasteiger partial charge in [-0.1, -0.05) is 38.1 Å². The molecule has 4 heteroatoms. The van der Waals surface area contributed by atoms with E-state index >= 15 is 0 Å².